The minimum atomic E-state index is -1.03. The molecule has 0 aromatic heterocycles. The molecule has 3 N–H and O–H groups in total. The van der Waals surface area contributed by atoms with Gasteiger partial charge in [-0.05, 0) is 56.7 Å². The van der Waals surface area contributed by atoms with E-state index in [1.807, 2.05) is 26.8 Å². The smallest absolute Gasteiger partial charge is 0.410 e. The Morgan fingerprint density at radius 1 is 1.05 bits per heavy atom. The van der Waals surface area contributed by atoms with Gasteiger partial charge >= 0.3 is 6.09 Å². The Morgan fingerprint density at radius 2 is 1.73 bits per heavy atom. The van der Waals surface area contributed by atoms with Crippen molar-refractivity contribution in [1.82, 2.24) is 9.80 Å². The van der Waals surface area contributed by atoms with Crippen molar-refractivity contribution in [3.8, 4) is 0 Å². The number of benzene rings is 2. The first-order chi connectivity index (χ1) is 17.5. The van der Waals surface area contributed by atoms with Gasteiger partial charge in [-0.25, -0.2) is 4.79 Å². The topological polar surface area (TPSA) is 127 Å². The fourth-order valence-electron chi connectivity index (χ4n) is 3.89. The van der Waals surface area contributed by atoms with Gasteiger partial charge in [0.1, 0.15) is 5.60 Å². The summed E-state index contributed by atoms with van der Waals surface area (Å²) >= 11 is 6.06. The third kappa shape index (κ3) is 7.71. The van der Waals surface area contributed by atoms with E-state index in [1.54, 1.807) is 29.2 Å². The second-order valence-corrected chi connectivity index (χ2v) is 10.2. The van der Waals surface area contributed by atoms with E-state index < -0.39 is 23.2 Å². The second kappa shape index (κ2) is 12.1. The lowest BCUT2D eigenvalue weighted by atomic mass is 9.98. The number of carbonyl (C=O) groups excluding carboxylic acids is 3. The number of ketones is 1. The predicted octanol–water partition coefficient (Wildman–Crippen LogP) is 4.74. The van der Waals surface area contributed by atoms with Crippen molar-refractivity contribution < 1.29 is 19.1 Å². The summed E-state index contributed by atoms with van der Waals surface area (Å²) in [6, 6.07) is 11.7. The van der Waals surface area contributed by atoms with Gasteiger partial charge in [-0.2, -0.15) is 0 Å². The summed E-state index contributed by atoms with van der Waals surface area (Å²) < 4.78 is 5.45. The Bertz CT molecular complexity index is 1180. The lowest BCUT2D eigenvalue weighted by molar-refractivity contribution is 0.0139. The van der Waals surface area contributed by atoms with Crippen LogP contribution in [-0.4, -0.2) is 71.8 Å². The molecule has 0 spiro atoms. The van der Waals surface area contributed by atoms with Crippen LogP contribution < -0.4 is 5.32 Å². The molecule has 3 rings (SSSR count). The van der Waals surface area contributed by atoms with Crippen LogP contribution in [0, 0.1) is 16.7 Å². The molecule has 0 unspecified atom stereocenters. The molecule has 10 heteroatoms. The van der Waals surface area contributed by atoms with Crippen LogP contribution in [0.5, 0.6) is 0 Å². The molecule has 1 saturated heterocycles. The molecule has 2 aromatic rings. The SMILES string of the molecule is CC(C)(C)OC(=O)N1CCN(Cc2cccc(C(=O)Nc3ccc(Cl)cc3C(=O)C(C=N)C=N)c2)CC1. The van der Waals surface area contributed by atoms with Gasteiger partial charge in [-0.1, -0.05) is 23.7 Å². The zero-order valence-electron chi connectivity index (χ0n) is 21.2. The number of hydrogen-bond acceptors (Lipinski definition) is 7. The van der Waals surface area contributed by atoms with Gasteiger partial charge < -0.3 is 25.8 Å². The summed E-state index contributed by atoms with van der Waals surface area (Å²) in [5, 5.41) is 17.9. The Labute approximate surface area is 221 Å². The number of nitrogens with zero attached hydrogens (tertiary/aromatic N) is 2. The highest BCUT2D eigenvalue weighted by Crippen LogP contribution is 2.24. The molecule has 2 amide bonds. The minimum Gasteiger partial charge on any atom is -0.444 e. The lowest BCUT2D eigenvalue weighted by Gasteiger charge is -2.35. The highest BCUT2D eigenvalue weighted by Gasteiger charge is 2.26. The van der Waals surface area contributed by atoms with Crippen molar-refractivity contribution in [2.75, 3.05) is 31.5 Å². The first-order valence-corrected chi connectivity index (χ1v) is 12.3. The number of piperazine rings is 1. The molecule has 0 atom stereocenters. The number of halogens is 1. The van der Waals surface area contributed by atoms with Crippen LogP contribution in [0.15, 0.2) is 42.5 Å². The second-order valence-electron chi connectivity index (χ2n) is 9.81. The summed E-state index contributed by atoms with van der Waals surface area (Å²) in [4.78, 5) is 42.0. The summed E-state index contributed by atoms with van der Waals surface area (Å²) in [5.41, 5.74) is 1.23. The maximum Gasteiger partial charge on any atom is 0.410 e. The maximum absolute atomic E-state index is 13.0. The standard InChI is InChI=1S/C27H32ClN5O4/c1-27(2,3)37-26(36)33-11-9-32(10-12-33)17-18-5-4-6-19(13-18)25(35)31-23-8-7-21(28)14-22(23)24(34)20(15-29)16-30/h4-8,13-16,20,29-30H,9-12,17H2,1-3H3,(H,31,35). The van der Waals surface area contributed by atoms with E-state index in [1.165, 1.54) is 12.1 Å². The predicted molar refractivity (Wildman–Crippen MR) is 144 cm³/mol. The molecule has 1 aliphatic rings. The lowest BCUT2D eigenvalue weighted by Crippen LogP contribution is -2.49. The van der Waals surface area contributed by atoms with Crippen LogP contribution >= 0.6 is 11.6 Å². The molecule has 2 aromatic carbocycles. The van der Waals surface area contributed by atoms with Crippen molar-refractivity contribution >= 4 is 47.5 Å². The highest BCUT2D eigenvalue weighted by atomic mass is 35.5. The highest BCUT2D eigenvalue weighted by molar-refractivity contribution is 6.31. The summed E-state index contributed by atoms with van der Waals surface area (Å²) in [7, 11) is 0. The van der Waals surface area contributed by atoms with Crippen LogP contribution in [0.2, 0.25) is 5.02 Å². The van der Waals surface area contributed by atoms with E-state index in [0.717, 1.165) is 18.0 Å². The fraction of sp³-hybridized carbons (Fsp3) is 0.370. The van der Waals surface area contributed by atoms with E-state index in [4.69, 9.17) is 27.2 Å². The van der Waals surface area contributed by atoms with Gasteiger partial charge in [-0.15, -0.1) is 0 Å². The molecular weight excluding hydrogens is 494 g/mol. The fourth-order valence-corrected chi connectivity index (χ4v) is 4.06. The van der Waals surface area contributed by atoms with Crippen molar-refractivity contribution in [3.05, 3.63) is 64.2 Å². The van der Waals surface area contributed by atoms with Crippen LogP contribution in [0.25, 0.3) is 0 Å². The zero-order chi connectivity index (χ0) is 27.2. The van der Waals surface area contributed by atoms with Crippen LogP contribution in [0.4, 0.5) is 10.5 Å². The van der Waals surface area contributed by atoms with Gasteiger partial charge in [-0.3, -0.25) is 14.5 Å². The van der Waals surface area contributed by atoms with Gasteiger partial charge in [0.25, 0.3) is 5.91 Å². The minimum absolute atomic E-state index is 0.136. The van der Waals surface area contributed by atoms with Gasteiger partial charge in [0.2, 0.25) is 0 Å². The number of ether oxygens (including phenoxy) is 1. The number of carbonyl (C=O) groups is 3. The van der Waals surface area contributed by atoms with E-state index in [-0.39, 0.29) is 17.3 Å². The third-order valence-electron chi connectivity index (χ3n) is 5.78. The normalized spacial score (nSPS) is 15.0. The molecule has 1 aliphatic heterocycles. The van der Waals surface area contributed by atoms with Gasteiger partial charge in [0, 0.05) is 61.3 Å². The monoisotopic (exact) mass is 525 g/mol. The Hall–Kier alpha value is -3.56. The van der Waals surface area contributed by atoms with E-state index in [9.17, 15) is 14.4 Å². The molecule has 1 heterocycles. The first-order valence-electron chi connectivity index (χ1n) is 12.0. The third-order valence-corrected chi connectivity index (χ3v) is 6.01. The number of anilines is 1. The van der Waals surface area contributed by atoms with Gasteiger partial charge in [0.05, 0.1) is 11.6 Å². The van der Waals surface area contributed by atoms with E-state index in [0.29, 0.717) is 43.3 Å². The number of amides is 2. The van der Waals surface area contributed by atoms with Crippen molar-refractivity contribution in [1.29, 1.82) is 10.8 Å². The first kappa shape index (κ1) is 28.0. The van der Waals surface area contributed by atoms with Crippen LogP contribution in [0.3, 0.4) is 0 Å². The van der Waals surface area contributed by atoms with Crippen LogP contribution in [-0.2, 0) is 11.3 Å². The molecule has 0 aliphatic carbocycles. The summed E-state index contributed by atoms with van der Waals surface area (Å²) in [5.74, 6) is -1.93. The molecule has 37 heavy (non-hydrogen) atoms. The number of nitrogens with one attached hydrogen (secondary N) is 3. The summed E-state index contributed by atoms with van der Waals surface area (Å²) in [6.45, 7) is 8.66. The quantitative estimate of drug-likeness (QED) is 0.339. The molecule has 1 fully saturated rings. The Balaban J connectivity index is 1.66. The molecule has 0 radical (unpaired) electrons. The van der Waals surface area contributed by atoms with Crippen molar-refractivity contribution in [2.24, 2.45) is 5.92 Å². The van der Waals surface area contributed by atoms with Crippen molar-refractivity contribution in [3.63, 3.8) is 0 Å². The van der Waals surface area contributed by atoms with E-state index in [2.05, 4.69) is 10.2 Å². The molecular formula is C27H32ClN5O4. The van der Waals surface area contributed by atoms with Crippen LogP contribution in [0.1, 0.15) is 47.1 Å². The Kier molecular flexibility index (Phi) is 9.18. The number of hydrogen-bond donors (Lipinski definition) is 3. The number of rotatable bonds is 8. The Morgan fingerprint density at radius 3 is 2.35 bits per heavy atom. The van der Waals surface area contributed by atoms with Crippen molar-refractivity contribution in [2.45, 2.75) is 32.9 Å². The molecule has 0 bridgehead atoms. The average Bonchev–Trinajstić information content (AvgIpc) is 2.85. The van der Waals surface area contributed by atoms with E-state index >= 15 is 0 Å². The average molecular weight is 526 g/mol. The molecule has 9 nitrogen and oxygen atoms in total. The molecule has 0 saturated carbocycles. The molecule has 196 valence electrons. The zero-order valence-corrected chi connectivity index (χ0v) is 22.0. The maximum atomic E-state index is 13.0. The number of Topliss-reactive ketones (excluding diaryl/α,β-unsaturated/α-hetero) is 1. The largest absolute Gasteiger partial charge is 0.444 e. The van der Waals surface area contributed by atoms with Gasteiger partial charge in [0.15, 0.2) is 5.78 Å². The summed E-state index contributed by atoms with van der Waals surface area (Å²) in [6.07, 6.45) is 1.44.